The Morgan fingerprint density at radius 2 is 1.62 bits per heavy atom. The van der Waals surface area contributed by atoms with E-state index in [1.165, 1.54) is 35.1 Å². The number of hydrogen-bond acceptors (Lipinski definition) is 4. The molecule has 0 aliphatic carbocycles. The van der Waals surface area contributed by atoms with Crippen molar-refractivity contribution in [2.45, 2.75) is 20.8 Å². The van der Waals surface area contributed by atoms with Crippen molar-refractivity contribution in [1.29, 1.82) is 0 Å². The van der Waals surface area contributed by atoms with Crippen LogP contribution in [0.2, 0.25) is 0 Å². The van der Waals surface area contributed by atoms with Crippen LogP contribution in [0.4, 0.5) is 5.69 Å². The fourth-order valence-corrected chi connectivity index (χ4v) is 3.90. The van der Waals surface area contributed by atoms with Crippen LogP contribution in [0.3, 0.4) is 0 Å². The number of benzene rings is 1. The predicted octanol–water partition coefficient (Wildman–Crippen LogP) is 3.53. The Balaban J connectivity index is 1.67. The minimum absolute atomic E-state index is 0.0128. The summed E-state index contributed by atoms with van der Waals surface area (Å²) in [6, 6.07) is 9.87. The van der Waals surface area contributed by atoms with E-state index in [2.05, 4.69) is 36.9 Å². The van der Waals surface area contributed by atoms with Gasteiger partial charge >= 0.3 is 0 Å². The van der Waals surface area contributed by atoms with Gasteiger partial charge in [-0.15, -0.1) is 11.3 Å². The van der Waals surface area contributed by atoms with Gasteiger partial charge in [0.2, 0.25) is 0 Å². The second-order valence-electron chi connectivity index (χ2n) is 6.22. The summed E-state index contributed by atoms with van der Waals surface area (Å²) in [4.78, 5) is 29.5. The van der Waals surface area contributed by atoms with Crippen LogP contribution in [-0.2, 0) is 0 Å². The highest BCUT2D eigenvalue weighted by molar-refractivity contribution is 7.15. The number of piperazine rings is 1. The molecule has 2 heterocycles. The molecule has 126 valence electrons. The van der Waals surface area contributed by atoms with Crippen LogP contribution >= 0.6 is 11.3 Å². The van der Waals surface area contributed by atoms with E-state index in [0.29, 0.717) is 22.8 Å². The van der Waals surface area contributed by atoms with Crippen molar-refractivity contribution in [3.05, 3.63) is 51.2 Å². The Bertz CT molecular complexity index is 773. The van der Waals surface area contributed by atoms with E-state index < -0.39 is 0 Å². The maximum absolute atomic E-state index is 12.6. The second-order valence-corrected chi connectivity index (χ2v) is 7.30. The van der Waals surface area contributed by atoms with Crippen LogP contribution < -0.4 is 4.90 Å². The maximum atomic E-state index is 12.6. The number of carbonyl (C=O) groups is 2. The van der Waals surface area contributed by atoms with Crippen molar-refractivity contribution in [2.24, 2.45) is 0 Å². The van der Waals surface area contributed by atoms with Crippen molar-refractivity contribution >= 4 is 28.7 Å². The van der Waals surface area contributed by atoms with E-state index in [-0.39, 0.29) is 11.7 Å². The molecule has 0 unspecified atom stereocenters. The summed E-state index contributed by atoms with van der Waals surface area (Å²) in [6.07, 6.45) is 0. The van der Waals surface area contributed by atoms with E-state index in [0.717, 1.165) is 13.1 Å². The largest absolute Gasteiger partial charge is 0.368 e. The summed E-state index contributed by atoms with van der Waals surface area (Å²) in [5.74, 6) is 0.0481. The van der Waals surface area contributed by atoms with Gasteiger partial charge in [-0.1, -0.05) is 12.1 Å². The van der Waals surface area contributed by atoms with E-state index in [1.54, 1.807) is 12.1 Å². The maximum Gasteiger partial charge on any atom is 0.264 e. The molecular formula is C19H22N2O2S. The molecule has 0 radical (unpaired) electrons. The van der Waals surface area contributed by atoms with Crippen molar-refractivity contribution in [3.63, 3.8) is 0 Å². The fourth-order valence-electron chi connectivity index (χ4n) is 3.03. The predicted molar refractivity (Wildman–Crippen MR) is 98.4 cm³/mol. The third-order valence-electron chi connectivity index (χ3n) is 4.65. The molecule has 1 aliphatic heterocycles. The summed E-state index contributed by atoms with van der Waals surface area (Å²) >= 11 is 1.29. The fraction of sp³-hybridized carbons (Fsp3) is 0.368. The molecule has 1 fully saturated rings. The first-order valence-electron chi connectivity index (χ1n) is 8.18. The SMILES string of the molecule is CC(=O)c1ccc(C(=O)N2CCN(c3cccc(C)c3C)CC2)s1. The van der Waals surface area contributed by atoms with Crippen LogP contribution in [0, 0.1) is 13.8 Å². The van der Waals surface area contributed by atoms with Crippen LogP contribution in [-0.4, -0.2) is 42.8 Å². The van der Waals surface area contributed by atoms with Gasteiger partial charge < -0.3 is 9.80 Å². The molecule has 2 aromatic rings. The molecule has 24 heavy (non-hydrogen) atoms. The molecule has 1 amide bonds. The summed E-state index contributed by atoms with van der Waals surface area (Å²) in [5.41, 5.74) is 3.86. The third kappa shape index (κ3) is 3.22. The molecular weight excluding hydrogens is 320 g/mol. The first-order chi connectivity index (χ1) is 11.5. The quantitative estimate of drug-likeness (QED) is 0.801. The highest BCUT2D eigenvalue weighted by Crippen LogP contribution is 2.25. The second kappa shape index (κ2) is 6.77. The third-order valence-corrected chi connectivity index (χ3v) is 5.82. The lowest BCUT2D eigenvalue weighted by molar-refractivity contribution is 0.0751. The lowest BCUT2D eigenvalue weighted by Crippen LogP contribution is -2.48. The van der Waals surface area contributed by atoms with Crippen molar-refractivity contribution < 1.29 is 9.59 Å². The van der Waals surface area contributed by atoms with Gasteiger partial charge in [-0.05, 0) is 50.1 Å². The first-order valence-corrected chi connectivity index (χ1v) is 9.00. The monoisotopic (exact) mass is 342 g/mol. The molecule has 0 saturated carbocycles. The lowest BCUT2D eigenvalue weighted by Gasteiger charge is -2.36. The van der Waals surface area contributed by atoms with Crippen molar-refractivity contribution in [3.8, 4) is 0 Å². The Morgan fingerprint density at radius 1 is 0.958 bits per heavy atom. The number of amides is 1. The van der Waals surface area contributed by atoms with E-state index in [4.69, 9.17) is 0 Å². The van der Waals surface area contributed by atoms with E-state index in [9.17, 15) is 9.59 Å². The number of ketones is 1. The number of aryl methyl sites for hydroxylation is 1. The summed E-state index contributed by atoms with van der Waals surface area (Å²) in [7, 11) is 0. The molecule has 0 N–H and O–H groups in total. The molecule has 3 rings (SSSR count). The van der Waals surface area contributed by atoms with Crippen LogP contribution in [0.1, 0.15) is 37.4 Å². The molecule has 4 nitrogen and oxygen atoms in total. The number of hydrogen-bond donors (Lipinski definition) is 0. The summed E-state index contributed by atoms with van der Waals surface area (Å²) < 4.78 is 0. The van der Waals surface area contributed by atoms with Gasteiger partial charge in [-0.2, -0.15) is 0 Å². The number of rotatable bonds is 3. The van der Waals surface area contributed by atoms with Gasteiger partial charge in [-0.3, -0.25) is 9.59 Å². The van der Waals surface area contributed by atoms with Gasteiger partial charge in [0.25, 0.3) is 5.91 Å². The van der Waals surface area contributed by atoms with Crippen LogP contribution in [0.15, 0.2) is 30.3 Å². The standard InChI is InChI=1S/C19H22N2O2S/c1-13-5-4-6-16(14(13)2)20-9-11-21(12-10-20)19(23)18-8-7-17(24-18)15(3)22/h4-8H,9-12H2,1-3H3. The average Bonchev–Trinajstić information content (AvgIpc) is 3.07. The van der Waals surface area contributed by atoms with Gasteiger partial charge in [-0.25, -0.2) is 0 Å². The van der Waals surface area contributed by atoms with E-state index in [1.807, 2.05) is 4.90 Å². The zero-order valence-electron chi connectivity index (χ0n) is 14.3. The minimum Gasteiger partial charge on any atom is -0.368 e. The highest BCUT2D eigenvalue weighted by Gasteiger charge is 2.24. The smallest absolute Gasteiger partial charge is 0.264 e. The molecule has 1 aromatic heterocycles. The topological polar surface area (TPSA) is 40.6 Å². The highest BCUT2D eigenvalue weighted by atomic mass is 32.1. The molecule has 5 heteroatoms. The zero-order valence-corrected chi connectivity index (χ0v) is 15.2. The molecule has 1 aromatic carbocycles. The average molecular weight is 342 g/mol. The normalized spacial score (nSPS) is 14.8. The number of nitrogens with zero attached hydrogens (tertiary/aromatic N) is 2. The number of anilines is 1. The zero-order chi connectivity index (χ0) is 17.3. The summed E-state index contributed by atoms with van der Waals surface area (Å²) in [5, 5.41) is 0. The Labute approximate surface area is 146 Å². The van der Waals surface area contributed by atoms with Crippen molar-refractivity contribution in [1.82, 2.24) is 4.90 Å². The van der Waals surface area contributed by atoms with E-state index >= 15 is 0 Å². The van der Waals surface area contributed by atoms with Gasteiger partial charge in [0.1, 0.15) is 0 Å². The molecule has 0 atom stereocenters. The summed E-state index contributed by atoms with van der Waals surface area (Å²) in [6.45, 7) is 8.89. The first kappa shape index (κ1) is 16.7. The number of Topliss-reactive ketones (excluding diaryl/α,β-unsaturated/α-hetero) is 1. The van der Waals surface area contributed by atoms with Crippen molar-refractivity contribution in [2.75, 3.05) is 31.1 Å². The van der Waals surface area contributed by atoms with Gasteiger partial charge in [0.05, 0.1) is 9.75 Å². The Kier molecular flexibility index (Phi) is 4.71. The molecule has 0 bridgehead atoms. The van der Waals surface area contributed by atoms with Gasteiger partial charge in [0, 0.05) is 31.9 Å². The minimum atomic E-state index is 0.0128. The molecule has 1 aliphatic rings. The molecule has 0 spiro atoms. The Hall–Kier alpha value is -2.14. The van der Waals surface area contributed by atoms with Crippen LogP contribution in [0.25, 0.3) is 0 Å². The lowest BCUT2D eigenvalue weighted by atomic mass is 10.1. The molecule has 1 saturated heterocycles. The number of thiophene rings is 1. The number of carbonyl (C=O) groups excluding carboxylic acids is 2. The van der Waals surface area contributed by atoms with Crippen LogP contribution in [0.5, 0.6) is 0 Å². The Morgan fingerprint density at radius 3 is 2.25 bits per heavy atom. The van der Waals surface area contributed by atoms with Gasteiger partial charge in [0.15, 0.2) is 5.78 Å².